The van der Waals surface area contributed by atoms with Crippen LogP contribution in [0.3, 0.4) is 0 Å². The summed E-state index contributed by atoms with van der Waals surface area (Å²) >= 11 is 0. The van der Waals surface area contributed by atoms with Gasteiger partial charge in [-0.05, 0) is 62.2 Å². The molecular weight excluding hydrogens is 486 g/mol. The SMILES string of the molecule is C=C(C)C(=O)OCCOc1c(C(C)=O)cc(CC)cc1C(Nc1ccc(C(=N)N)cc1)C(=O)OC.Cl. The molecule has 0 aliphatic rings. The van der Waals surface area contributed by atoms with Crippen LogP contribution in [0.2, 0.25) is 0 Å². The Morgan fingerprint density at radius 3 is 2.25 bits per heavy atom. The molecule has 0 radical (unpaired) electrons. The van der Waals surface area contributed by atoms with Gasteiger partial charge in [0.2, 0.25) is 0 Å². The van der Waals surface area contributed by atoms with Gasteiger partial charge >= 0.3 is 11.9 Å². The number of hydrogen-bond acceptors (Lipinski definition) is 8. The van der Waals surface area contributed by atoms with E-state index in [0.717, 1.165) is 5.56 Å². The van der Waals surface area contributed by atoms with E-state index in [-0.39, 0.29) is 48.6 Å². The molecule has 0 aliphatic carbocycles. The second-order valence-electron chi connectivity index (χ2n) is 7.83. The minimum atomic E-state index is -1.01. The molecule has 2 rings (SSSR count). The molecule has 0 spiro atoms. The monoisotopic (exact) mass is 517 g/mol. The van der Waals surface area contributed by atoms with Crippen molar-refractivity contribution in [2.45, 2.75) is 33.2 Å². The number of benzene rings is 2. The molecule has 0 aliphatic heterocycles. The number of rotatable bonds is 12. The van der Waals surface area contributed by atoms with Gasteiger partial charge in [0.25, 0.3) is 0 Å². The summed E-state index contributed by atoms with van der Waals surface area (Å²) < 4.78 is 16.0. The van der Waals surface area contributed by atoms with Gasteiger partial charge in [-0.3, -0.25) is 10.2 Å². The molecule has 0 aromatic heterocycles. The van der Waals surface area contributed by atoms with E-state index >= 15 is 0 Å². The van der Waals surface area contributed by atoms with Crippen LogP contribution in [-0.4, -0.2) is 43.9 Å². The number of carbonyl (C=O) groups excluding carboxylic acids is 3. The van der Waals surface area contributed by atoms with Crippen molar-refractivity contribution >= 4 is 41.7 Å². The summed E-state index contributed by atoms with van der Waals surface area (Å²) in [7, 11) is 1.27. The Morgan fingerprint density at radius 2 is 1.75 bits per heavy atom. The normalized spacial score (nSPS) is 10.9. The summed E-state index contributed by atoms with van der Waals surface area (Å²) in [5.74, 6) is -1.27. The fourth-order valence-corrected chi connectivity index (χ4v) is 3.25. The molecule has 194 valence electrons. The Labute approximate surface area is 216 Å². The van der Waals surface area contributed by atoms with Gasteiger partial charge in [-0.2, -0.15) is 0 Å². The van der Waals surface area contributed by atoms with E-state index in [1.54, 1.807) is 36.4 Å². The molecule has 2 aromatic carbocycles. The zero-order valence-electron chi connectivity index (χ0n) is 20.8. The standard InChI is InChI=1S/C26H31N3O6.ClH/c1-6-17-13-20(16(4)30)23(34-11-12-35-25(31)15(2)3)21(14-17)22(26(32)33-5)29-19-9-7-18(8-10-19)24(27)28;/h7-10,13-14,22,29H,2,6,11-12H2,1,3-5H3,(H3,27,28);1H. The number of nitrogens with two attached hydrogens (primary N) is 1. The highest BCUT2D eigenvalue weighted by atomic mass is 35.5. The van der Waals surface area contributed by atoms with Crippen molar-refractivity contribution in [1.82, 2.24) is 0 Å². The number of hydrogen-bond donors (Lipinski definition) is 3. The topological polar surface area (TPSA) is 141 Å². The molecule has 0 fully saturated rings. The molecule has 9 nitrogen and oxygen atoms in total. The van der Waals surface area contributed by atoms with Crippen LogP contribution in [0.5, 0.6) is 5.75 Å². The first-order valence-electron chi connectivity index (χ1n) is 11.0. The van der Waals surface area contributed by atoms with Crippen LogP contribution in [-0.2, 0) is 25.5 Å². The van der Waals surface area contributed by atoms with Crippen molar-refractivity contribution in [1.29, 1.82) is 5.41 Å². The molecule has 4 N–H and O–H groups in total. The quantitative estimate of drug-likeness (QED) is 0.0958. The third-order valence-corrected chi connectivity index (χ3v) is 5.13. The van der Waals surface area contributed by atoms with Crippen LogP contribution < -0.4 is 15.8 Å². The van der Waals surface area contributed by atoms with Gasteiger partial charge in [0.1, 0.15) is 24.8 Å². The Morgan fingerprint density at radius 1 is 1.11 bits per heavy atom. The Hall–Kier alpha value is -3.85. The molecule has 1 unspecified atom stereocenters. The average molecular weight is 518 g/mol. The summed E-state index contributed by atoms with van der Waals surface area (Å²) in [4.78, 5) is 37.0. The van der Waals surface area contributed by atoms with E-state index in [2.05, 4.69) is 11.9 Å². The lowest BCUT2D eigenvalue weighted by atomic mass is 9.95. The predicted molar refractivity (Wildman–Crippen MR) is 140 cm³/mol. The van der Waals surface area contributed by atoms with E-state index in [1.807, 2.05) is 6.92 Å². The van der Waals surface area contributed by atoms with Crippen LogP contribution in [0.15, 0.2) is 48.6 Å². The molecule has 2 aromatic rings. The molecule has 0 saturated carbocycles. The van der Waals surface area contributed by atoms with Crippen molar-refractivity contribution in [3.8, 4) is 5.75 Å². The summed E-state index contributed by atoms with van der Waals surface area (Å²) in [6, 6.07) is 9.14. The molecule has 0 bridgehead atoms. The van der Waals surface area contributed by atoms with Gasteiger partial charge in [0, 0.05) is 22.4 Å². The maximum absolute atomic E-state index is 12.9. The molecule has 1 atom stereocenters. The molecule has 0 saturated heterocycles. The number of nitrogens with one attached hydrogen (secondary N) is 2. The number of Topliss-reactive ketones (excluding diaryl/α,β-unsaturated/α-hetero) is 1. The Balaban J connectivity index is 0.00000648. The van der Waals surface area contributed by atoms with Crippen LogP contribution in [0.4, 0.5) is 5.69 Å². The van der Waals surface area contributed by atoms with E-state index in [0.29, 0.717) is 28.8 Å². The van der Waals surface area contributed by atoms with Crippen molar-refractivity contribution in [2.75, 3.05) is 25.6 Å². The fraction of sp³-hybridized carbons (Fsp3) is 0.308. The highest BCUT2D eigenvalue weighted by Gasteiger charge is 2.28. The molecular formula is C26H32ClN3O6. The number of carbonyl (C=O) groups is 3. The van der Waals surface area contributed by atoms with Gasteiger partial charge < -0.3 is 25.3 Å². The number of esters is 2. The van der Waals surface area contributed by atoms with Crippen molar-refractivity contribution in [3.05, 3.63) is 70.8 Å². The Kier molecular flexibility index (Phi) is 11.6. The van der Waals surface area contributed by atoms with Crippen LogP contribution >= 0.6 is 12.4 Å². The number of ether oxygens (including phenoxy) is 3. The lowest BCUT2D eigenvalue weighted by molar-refractivity contribution is -0.141. The van der Waals surface area contributed by atoms with Gasteiger partial charge in [-0.1, -0.05) is 13.5 Å². The second kappa shape index (κ2) is 13.9. The maximum atomic E-state index is 12.9. The van der Waals surface area contributed by atoms with Crippen LogP contribution in [0, 0.1) is 5.41 Å². The average Bonchev–Trinajstić information content (AvgIpc) is 2.84. The predicted octanol–water partition coefficient (Wildman–Crippen LogP) is 3.98. The number of nitrogen functional groups attached to an aromatic ring is 1. The maximum Gasteiger partial charge on any atom is 0.333 e. The minimum Gasteiger partial charge on any atom is -0.489 e. The van der Waals surface area contributed by atoms with Gasteiger partial charge in [-0.15, -0.1) is 12.4 Å². The first kappa shape index (κ1) is 30.2. The highest BCUT2D eigenvalue weighted by molar-refractivity contribution is 5.98. The van der Waals surface area contributed by atoms with Crippen molar-refractivity contribution < 1.29 is 28.6 Å². The van der Waals surface area contributed by atoms with Crippen LogP contribution in [0.25, 0.3) is 0 Å². The van der Waals surface area contributed by atoms with Crippen LogP contribution in [0.1, 0.15) is 53.9 Å². The smallest absolute Gasteiger partial charge is 0.333 e. The zero-order chi connectivity index (χ0) is 26.1. The van der Waals surface area contributed by atoms with E-state index in [1.165, 1.54) is 21.0 Å². The molecule has 36 heavy (non-hydrogen) atoms. The largest absolute Gasteiger partial charge is 0.489 e. The van der Waals surface area contributed by atoms with Gasteiger partial charge in [0.15, 0.2) is 11.8 Å². The van der Waals surface area contributed by atoms with Gasteiger partial charge in [0.05, 0.1) is 12.7 Å². The van der Waals surface area contributed by atoms with E-state index < -0.39 is 18.0 Å². The van der Waals surface area contributed by atoms with Gasteiger partial charge in [-0.25, -0.2) is 9.59 Å². The molecule has 10 heteroatoms. The summed E-state index contributed by atoms with van der Waals surface area (Å²) in [5, 5.41) is 10.7. The summed E-state index contributed by atoms with van der Waals surface area (Å²) in [6.45, 7) is 8.30. The number of amidine groups is 1. The fourth-order valence-electron chi connectivity index (χ4n) is 3.25. The summed E-state index contributed by atoms with van der Waals surface area (Å²) in [5.41, 5.74) is 8.41. The lowest BCUT2D eigenvalue weighted by Gasteiger charge is -2.23. The molecule has 0 amide bonds. The number of aryl methyl sites for hydroxylation is 1. The second-order valence-corrected chi connectivity index (χ2v) is 7.83. The first-order chi connectivity index (χ1) is 16.6. The first-order valence-corrected chi connectivity index (χ1v) is 11.0. The Bertz CT molecular complexity index is 1130. The molecule has 0 heterocycles. The highest BCUT2D eigenvalue weighted by Crippen LogP contribution is 2.34. The van der Waals surface area contributed by atoms with E-state index in [4.69, 9.17) is 25.4 Å². The zero-order valence-corrected chi connectivity index (χ0v) is 21.6. The lowest BCUT2D eigenvalue weighted by Crippen LogP contribution is -2.24. The van der Waals surface area contributed by atoms with Crippen molar-refractivity contribution in [2.24, 2.45) is 5.73 Å². The minimum absolute atomic E-state index is 0. The van der Waals surface area contributed by atoms with E-state index in [9.17, 15) is 14.4 Å². The third-order valence-electron chi connectivity index (χ3n) is 5.13. The van der Waals surface area contributed by atoms with Crippen molar-refractivity contribution in [3.63, 3.8) is 0 Å². The third kappa shape index (κ3) is 7.84. The summed E-state index contributed by atoms with van der Waals surface area (Å²) in [6.07, 6.45) is 0.616. The number of halogens is 1. The number of methoxy groups -OCH3 is 1. The number of ketones is 1. The number of anilines is 1.